The molecule has 1 N–H and O–H groups in total. The van der Waals surface area contributed by atoms with E-state index in [0.717, 1.165) is 4.88 Å². The Labute approximate surface area is 124 Å². The molecule has 3 nitrogen and oxygen atoms in total. The summed E-state index contributed by atoms with van der Waals surface area (Å²) in [6.07, 6.45) is 0. The minimum Gasteiger partial charge on any atom is -0.487 e. The molecule has 0 spiro atoms. The average Bonchev–Trinajstić information content (AvgIpc) is 2.70. The summed E-state index contributed by atoms with van der Waals surface area (Å²) >= 11 is 13.2. The van der Waals surface area contributed by atoms with E-state index in [0.29, 0.717) is 21.4 Å². The number of halogens is 2. The number of aromatic carboxylic acids is 1. The highest BCUT2D eigenvalue weighted by atomic mass is 35.5. The predicted molar refractivity (Wildman–Crippen MR) is 76.8 cm³/mol. The molecule has 2 aromatic rings. The Kier molecular flexibility index (Phi) is 4.34. The van der Waals surface area contributed by atoms with Crippen LogP contribution in [0.5, 0.6) is 5.75 Å². The third kappa shape index (κ3) is 3.21. The van der Waals surface area contributed by atoms with E-state index in [1.807, 2.05) is 6.92 Å². The number of carbonyl (C=O) groups is 1. The molecule has 1 heterocycles. The minimum atomic E-state index is -1.00. The van der Waals surface area contributed by atoms with Gasteiger partial charge in [0.15, 0.2) is 4.88 Å². The van der Waals surface area contributed by atoms with Gasteiger partial charge in [0.1, 0.15) is 12.4 Å². The summed E-state index contributed by atoms with van der Waals surface area (Å²) in [6.45, 7) is 1.96. The minimum absolute atomic E-state index is 0.134. The molecular formula is C13H10Cl2O3S. The largest absolute Gasteiger partial charge is 0.487 e. The first kappa shape index (κ1) is 14.2. The van der Waals surface area contributed by atoms with Crippen LogP contribution in [-0.2, 0) is 6.61 Å². The fraction of sp³-hybridized carbons (Fsp3) is 0.154. The molecule has 1 aromatic carbocycles. The summed E-state index contributed by atoms with van der Waals surface area (Å²) in [6, 6.07) is 6.86. The molecule has 0 saturated heterocycles. The zero-order valence-corrected chi connectivity index (χ0v) is 12.3. The summed E-state index contributed by atoms with van der Waals surface area (Å²) in [4.78, 5) is 12.1. The van der Waals surface area contributed by atoms with Crippen molar-refractivity contribution in [2.24, 2.45) is 0 Å². The molecule has 0 radical (unpaired) electrons. The molecule has 0 aliphatic rings. The molecule has 0 fully saturated rings. The molecule has 0 atom stereocenters. The molecule has 19 heavy (non-hydrogen) atoms. The van der Waals surface area contributed by atoms with Crippen LogP contribution in [0.2, 0.25) is 10.0 Å². The van der Waals surface area contributed by atoms with Gasteiger partial charge in [0, 0.05) is 20.5 Å². The Hall–Kier alpha value is -1.23. The van der Waals surface area contributed by atoms with Crippen molar-refractivity contribution in [3.05, 3.63) is 49.6 Å². The van der Waals surface area contributed by atoms with Crippen molar-refractivity contribution < 1.29 is 14.6 Å². The Morgan fingerprint density at radius 2 is 2.00 bits per heavy atom. The van der Waals surface area contributed by atoms with Gasteiger partial charge in [0.05, 0.1) is 0 Å². The number of aryl methyl sites for hydroxylation is 1. The number of hydrogen-bond donors (Lipinski definition) is 1. The van der Waals surface area contributed by atoms with Crippen molar-refractivity contribution >= 4 is 40.5 Å². The Balaban J connectivity index is 2.21. The van der Waals surface area contributed by atoms with Crippen LogP contribution in [-0.4, -0.2) is 11.1 Å². The van der Waals surface area contributed by atoms with Crippen LogP contribution in [0.25, 0.3) is 0 Å². The van der Waals surface area contributed by atoms with Gasteiger partial charge in [-0.3, -0.25) is 0 Å². The van der Waals surface area contributed by atoms with Crippen molar-refractivity contribution in [3.8, 4) is 5.75 Å². The van der Waals surface area contributed by atoms with Gasteiger partial charge in [-0.05, 0) is 25.1 Å². The Bertz CT molecular complexity index is 602. The number of benzene rings is 1. The topological polar surface area (TPSA) is 46.5 Å². The number of thiophene rings is 1. The lowest BCUT2D eigenvalue weighted by molar-refractivity contribution is 0.0697. The molecule has 0 aliphatic carbocycles. The van der Waals surface area contributed by atoms with Crippen LogP contribution in [0.15, 0.2) is 24.3 Å². The van der Waals surface area contributed by atoms with E-state index in [9.17, 15) is 4.79 Å². The zero-order valence-electron chi connectivity index (χ0n) is 9.94. The molecular weight excluding hydrogens is 307 g/mol. The maximum absolute atomic E-state index is 11.1. The number of rotatable bonds is 4. The van der Waals surface area contributed by atoms with Gasteiger partial charge < -0.3 is 9.84 Å². The standard InChI is InChI=1S/C13H10Cl2O3S/c1-7-5-11(12(19-7)13(16)17)18-6-8-9(14)3-2-4-10(8)15/h2-5H,6H2,1H3,(H,16,17). The summed E-state index contributed by atoms with van der Waals surface area (Å²) in [5.74, 6) is -0.663. The van der Waals surface area contributed by atoms with E-state index in [4.69, 9.17) is 33.0 Å². The highest BCUT2D eigenvalue weighted by Crippen LogP contribution is 2.31. The molecule has 0 unspecified atom stereocenters. The van der Waals surface area contributed by atoms with Gasteiger partial charge in [-0.25, -0.2) is 4.79 Å². The highest BCUT2D eigenvalue weighted by Gasteiger charge is 2.16. The van der Waals surface area contributed by atoms with Gasteiger partial charge in [-0.1, -0.05) is 29.3 Å². The van der Waals surface area contributed by atoms with Gasteiger partial charge in [0.25, 0.3) is 0 Å². The molecule has 0 bridgehead atoms. The van der Waals surface area contributed by atoms with Crippen LogP contribution in [0, 0.1) is 6.92 Å². The van der Waals surface area contributed by atoms with E-state index < -0.39 is 5.97 Å². The second-order valence-corrected chi connectivity index (χ2v) is 5.92. The third-order valence-corrected chi connectivity index (χ3v) is 4.18. The van der Waals surface area contributed by atoms with Crippen molar-refractivity contribution in [1.82, 2.24) is 0 Å². The number of carboxylic acids is 1. The first-order chi connectivity index (χ1) is 8.99. The van der Waals surface area contributed by atoms with Crippen LogP contribution in [0.3, 0.4) is 0 Å². The van der Waals surface area contributed by atoms with Gasteiger partial charge in [-0.15, -0.1) is 11.3 Å². The number of hydrogen-bond acceptors (Lipinski definition) is 3. The number of ether oxygens (including phenoxy) is 1. The summed E-state index contributed by atoms with van der Waals surface area (Å²) < 4.78 is 5.53. The quantitative estimate of drug-likeness (QED) is 0.893. The molecule has 0 saturated carbocycles. The van der Waals surface area contributed by atoms with E-state index in [1.54, 1.807) is 24.3 Å². The SMILES string of the molecule is Cc1cc(OCc2c(Cl)cccc2Cl)c(C(=O)O)s1. The first-order valence-corrected chi connectivity index (χ1v) is 6.95. The summed E-state index contributed by atoms with van der Waals surface area (Å²) in [5.41, 5.74) is 0.644. The van der Waals surface area contributed by atoms with E-state index in [-0.39, 0.29) is 11.5 Å². The monoisotopic (exact) mass is 316 g/mol. The fourth-order valence-electron chi connectivity index (χ4n) is 1.57. The van der Waals surface area contributed by atoms with Crippen LogP contribution in [0.4, 0.5) is 0 Å². The molecule has 0 amide bonds. The summed E-state index contributed by atoms with van der Waals surface area (Å²) in [5, 5.41) is 10.1. The van der Waals surface area contributed by atoms with Gasteiger partial charge in [0.2, 0.25) is 0 Å². The van der Waals surface area contributed by atoms with E-state index in [2.05, 4.69) is 0 Å². The second-order valence-electron chi connectivity index (χ2n) is 3.84. The average molecular weight is 317 g/mol. The Morgan fingerprint density at radius 3 is 2.58 bits per heavy atom. The Morgan fingerprint density at radius 1 is 1.37 bits per heavy atom. The molecule has 0 aliphatic heterocycles. The third-order valence-electron chi connectivity index (χ3n) is 2.45. The lowest BCUT2D eigenvalue weighted by atomic mass is 10.2. The lowest BCUT2D eigenvalue weighted by Crippen LogP contribution is -2.01. The normalized spacial score (nSPS) is 10.5. The molecule has 1 aromatic heterocycles. The van der Waals surface area contributed by atoms with E-state index >= 15 is 0 Å². The smallest absolute Gasteiger partial charge is 0.349 e. The van der Waals surface area contributed by atoms with Crippen molar-refractivity contribution in [2.75, 3.05) is 0 Å². The predicted octanol–water partition coefficient (Wildman–Crippen LogP) is 4.64. The van der Waals surface area contributed by atoms with Crippen LogP contribution < -0.4 is 4.74 Å². The highest BCUT2D eigenvalue weighted by molar-refractivity contribution is 7.14. The van der Waals surface area contributed by atoms with Crippen molar-refractivity contribution in [3.63, 3.8) is 0 Å². The molecule has 6 heteroatoms. The van der Waals surface area contributed by atoms with Crippen molar-refractivity contribution in [1.29, 1.82) is 0 Å². The van der Waals surface area contributed by atoms with Crippen LogP contribution >= 0.6 is 34.5 Å². The van der Waals surface area contributed by atoms with E-state index in [1.165, 1.54) is 11.3 Å². The lowest BCUT2D eigenvalue weighted by Gasteiger charge is -2.08. The zero-order chi connectivity index (χ0) is 14.0. The fourth-order valence-corrected chi connectivity index (χ4v) is 2.87. The second kappa shape index (κ2) is 5.82. The maximum atomic E-state index is 11.1. The maximum Gasteiger partial charge on any atom is 0.349 e. The van der Waals surface area contributed by atoms with Crippen LogP contribution in [0.1, 0.15) is 20.1 Å². The number of carboxylic acid groups (broad SMARTS) is 1. The first-order valence-electron chi connectivity index (χ1n) is 5.38. The van der Waals surface area contributed by atoms with Gasteiger partial charge in [-0.2, -0.15) is 0 Å². The van der Waals surface area contributed by atoms with Crippen molar-refractivity contribution in [2.45, 2.75) is 13.5 Å². The van der Waals surface area contributed by atoms with Gasteiger partial charge >= 0.3 is 5.97 Å². The molecule has 100 valence electrons. The molecule has 2 rings (SSSR count). The summed E-state index contributed by atoms with van der Waals surface area (Å²) in [7, 11) is 0.